The zero-order chi connectivity index (χ0) is 18.4. The summed E-state index contributed by atoms with van der Waals surface area (Å²) in [5, 5.41) is 7.18. The van der Waals surface area contributed by atoms with Crippen molar-refractivity contribution in [2.24, 2.45) is 0 Å². The maximum atomic E-state index is 12.2. The van der Waals surface area contributed by atoms with Crippen LogP contribution in [0, 0.1) is 0 Å². The molecule has 0 fully saturated rings. The molecule has 3 rings (SSSR count). The summed E-state index contributed by atoms with van der Waals surface area (Å²) in [4.78, 5) is 16.5. The maximum absolute atomic E-state index is 12.2. The van der Waals surface area contributed by atoms with Crippen molar-refractivity contribution in [3.05, 3.63) is 65.0 Å². The number of nitrogens with one attached hydrogen (secondary N) is 1. The largest absolute Gasteiger partial charge is 0.494 e. The van der Waals surface area contributed by atoms with Gasteiger partial charge in [0.25, 0.3) is 5.91 Å². The molecule has 0 radical (unpaired) electrons. The van der Waals surface area contributed by atoms with Gasteiger partial charge in [-0.05, 0) is 42.8 Å². The van der Waals surface area contributed by atoms with Crippen molar-refractivity contribution in [2.75, 3.05) is 6.61 Å². The van der Waals surface area contributed by atoms with E-state index in [0.717, 1.165) is 12.2 Å². The van der Waals surface area contributed by atoms with Crippen LogP contribution in [0.25, 0.3) is 11.4 Å². The normalized spacial score (nSPS) is 10.5. The van der Waals surface area contributed by atoms with Gasteiger partial charge in [-0.1, -0.05) is 35.8 Å². The van der Waals surface area contributed by atoms with E-state index in [0.29, 0.717) is 34.5 Å². The van der Waals surface area contributed by atoms with Crippen molar-refractivity contribution >= 4 is 17.5 Å². The van der Waals surface area contributed by atoms with Gasteiger partial charge in [0, 0.05) is 11.1 Å². The zero-order valence-corrected chi connectivity index (χ0v) is 15.0. The number of benzene rings is 2. The van der Waals surface area contributed by atoms with Gasteiger partial charge in [-0.3, -0.25) is 4.79 Å². The first kappa shape index (κ1) is 17.9. The van der Waals surface area contributed by atoms with Crippen molar-refractivity contribution in [2.45, 2.75) is 19.9 Å². The minimum atomic E-state index is -0.232. The molecule has 1 aromatic heterocycles. The molecule has 0 spiro atoms. The fourth-order valence-electron chi connectivity index (χ4n) is 2.26. The summed E-state index contributed by atoms with van der Waals surface area (Å²) in [6.07, 6.45) is 0.933. The number of hydrogen-bond donors (Lipinski definition) is 1. The maximum Gasteiger partial charge on any atom is 0.251 e. The lowest BCUT2D eigenvalue weighted by molar-refractivity contribution is 0.0946. The molecule has 134 valence electrons. The van der Waals surface area contributed by atoms with Crippen LogP contribution in [0.2, 0.25) is 5.02 Å². The van der Waals surface area contributed by atoms with E-state index in [1.165, 1.54) is 0 Å². The van der Waals surface area contributed by atoms with Gasteiger partial charge in [-0.25, -0.2) is 0 Å². The van der Waals surface area contributed by atoms with E-state index >= 15 is 0 Å². The number of amides is 1. The van der Waals surface area contributed by atoms with E-state index in [4.69, 9.17) is 20.9 Å². The lowest BCUT2D eigenvalue weighted by Crippen LogP contribution is -2.22. The quantitative estimate of drug-likeness (QED) is 0.676. The minimum absolute atomic E-state index is 0.129. The van der Waals surface area contributed by atoms with Crippen LogP contribution in [-0.2, 0) is 6.54 Å². The summed E-state index contributed by atoms with van der Waals surface area (Å²) in [7, 11) is 0. The Bertz CT molecular complexity index is 878. The average Bonchev–Trinajstić information content (AvgIpc) is 3.14. The van der Waals surface area contributed by atoms with Gasteiger partial charge in [-0.15, -0.1) is 0 Å². The van der Waals surface area contributed by atoms with E-state index in [1.54, 1.807) is 36.4 Å². The second-order valence-corrected chi connectivity index (χ2v) is 5.95. The van der Waals surface area contributed by atoms with Crippen LogP contribution in [0.15, 0.2) is 53.1 Å². The van der Waals surface area contributed by atoms with Crippen LogP contribution in [0.4, 0.5) is 0 Å². The van der Waals surface area contributed by atoms with Crippen molar-refractivity contribution in [1.82, 2.24) is 15.5 Å². The second-order valence-electron chi connectivity index (χ2n) is 5.55. The molecule has 0 unspecified atom stereocenters. The standard InChI is InChI=1S/C19H18ClN3O3/c1-2-11-25-14-9-7-13(8-10-14)19(24)21-12-17-22-18(23-26-17)15-5-3-4-6-16(15)20/h3-10H,2,11-12H2,1H3,(H,21,24). The average molecular weight is 372 g/mol. The Morgan fingerprint density at radius 2 is 1.96 bits per heavy atom. The molecule has 0 aliphatic heterocycles. The molecule has 1 heterocycles. The number of hydrogen-bond acceptors (Lipinski definition) is 5. The van der Waals surface area contributed by atoms with Gasteiger partial charge in [0.15, 0.2) is 0 Å². The Labute approximate surface area is 156 Å². The van der Waals surface area contributed by atoms with Crippen LogP contribution < -0.4 is 10.1 Å². The fraction of sp³-hybridized carbons (Fsp3) is 0.211. The van der Waals surface area contributed by atoms with E-state index in [1.807, 2.05) is 19.1 Å². The molecule has 1 N–H and O–H groups in total. The highest BCUT2D eigenvalue weighted by atomic mass is 35.5. The topological polar surface area (TPSA) is 77.2 Å². The van der Waals surface area contributed by atoms with E-state index in [-0.39, 0.29) is 12.5 Å². The summed E-state index contributed by atoms with van der Waals surface area (Å²) in [6, 6.07) is 14.2. The highest BCUT2D eigenvalue weighted by Gasteiger charge is 2.13. The molecular formula is C19H18ClN3O3. The molecule has 0 saturated heterocycles. The fourth-order valence-corrected chi connectivity index (χ4v) is 2.48. The molecule has 0 aliphatic rings. The number of aromatic nitrogens is 2. The Kier molecular flexibility index (Phi) is 5.86. The van der Waals surface area contributed by atoms with Crippen molar-refractivity contribution in [1.29, 1.82) is 0 Å². The van der Waals surface area contributed by atoms with Crippen LogP contribution in [0.5, 0.6) is 5.75 Å². The number of halogens is 1. The van der Waals surface area contributed by atoms with E-state index in [2.05, 4.69) is 15.5 Å². The Morgan fingerprint density at radius 3 is 2.69 bits per heavy atom. The third kappa shape index (κ3) is 4.40. The SMILES string of the molecule is CCCOc1ccc(C(=O)NCc2nc(-c3ccccc3Cl)no2)cc1. The summed E-state index contributed by atoms with van der Waals surface area (Å²) >= 11 is 6.12. The summed E-state index contributed by atoms with van der Waals surface area (Å²) in [6.45, 7) is 2.82. The van der Waals surface area contributed by atoms with Crippen LogP contribution in [0.1, 0.15) is 29.6 Å². The summed E-state index contributed by atoms with van der Waals surface area (Å²) < 4.78 is 10.7. The van der Waals surface area contributed by atoms with Gasteiger partial charge < -0.3 is 14.6 Å². The smallest absolute Gasteiger partial charge is 0.251 e. The molecule has 0 aliphatic carbocycles. The van der Waals surface area contributed by atoms with Crippen LogP contribution >= 0.6 is 11.6 Å². The minimum Gasteiger partial charge on any atom is -0.494 e. The highest BCUT2D eigenvalue weighted by Crippen LogP contribution is 2.24. The zero-order valence-electron chi connectivity index (χ0n) is 14.2. The Balaban J connectivity index is 1.59. The van der Waals surface area contributed by atoms with Gasteiger partial charge in [0.2, 0.25) is 11.7 Å². The molecule has 26 heavy (non-hydrogen) atoms. The Hall–Kier alpha value is -2.86. The number of ether oxygens (including phenoxy) is 1. The van der Waals surface area contributed by atoms with Crippen molar-refractivity contribution < 1.29 is 14.1 Å². The first-order valence-corrected chi connectivity index (χ1v) is 8.63. The number of carbonyl (C=O) groups is 1. The number of rotatable bonds is 7. The molecule has 0 bridgehead atoms. The highest BCUT2D eigenvalue weighted by molar-refractivity contribution is 6.33. The summed E-state index contributed by atoms with van der Waals surface area (Å²) in [5.74, 6) is 1.20. The van der Waals surface area contributed by atoms with Gasteiger partial charge in [0.05, 0.1) is 18.2 Å². The van der Waals surface area contributed by atoms with Gasteiger partial charge >= 0.3 is 0 Å². The van der Waals surface area contributed by atoms with Gasteiger partial charge in [0.1, 0.15) is 5.75 Å². The van der Waals surface area contributed by atoms with Gasteiger partial charge in [-0.2, -0.15) is 4.98 Å². The third-order valence-corrected chi connectivity index (χ3v) is 3.90. The molecule has 0 saturated carbocycles. The molecule has 2 aromatic carbocycles. The predicted molar refractivity (Wildman–Crippen MR) is 98.1 cm³/mol. The Morgan fingerprint density at radius 1 is 1.19 bits per heavy atom. The van der Waals surface area contributed by atoms with Crippen molar-refractivity contribution in [3.63, 3.8) is 0 Å². The van der Waals surface area contributed by atoms with E-state index in [9.17, 15) is 4.79 Å². The molecule has 1 amide bonds. The lowest BCUT2D eigenvalue weighted by Gasteiger charge is -2.06. The molecule has 7 heteroatoms. The third-order valence-electron chi connectivity index (χ3n) is 3.57. The predicted octanol–water partition coefficient (Wildman–Crippen LogP) is 4.11. The molecule has 3 aromatic rings. The summed E-state index contributed by atoms with van der Waals surface area (Å²) in [5.41, 5.74) is 1.21. The van der Waals surface area contributed by atoms with E-state index < -0.39 is 0 Å². The van der Waals surface area contributed by atoms with Crippen molar-refractivity contribution in [3.8, 4) is 17.1 Å². The number of nitrogens with zero attached hydrogens (tertiary/aromatic N) is 2. The molecule has 0 atom stereocenters. The number of carbonyl (C=O) groups excluding carboxylic acids is 1. The molecule has 6 nitrogen and oxygen atoms in total. The lowest BCUT2D eigenvalue weighted by atomic mass is 10.2. The monoisotopic (exact) mass is 371 g/mol. The van der Waals surface area contributed by atoms with Crippen LogP contribution in [0.3, 0.4) is 0 Å². The first-order valence-electron chi connectivity index (χ1n) is 8.26. The second kappa shape index (κ2) is 8.49. The molecular weight excluding hydrogens is 354 g/mol. The first-order chi connectivity index (χ1) is 12.7. The van der Waals surface area contributed by atoms with Crippen LogP contribution in [-0.4, -0.2) is 22.7 Å².